The fourth-order valence-electron chi connectivity index (χ4n) is 5.48. The van der Waals surface area contributed by atoms with E-state index in [-0.39, 0.29) is 37.5 Å². The smallest absolute Gasteiger partial charge is 0.432 e. The van der Waals surface area contributed by atoms with E-state index in [1.807, 2.05) is 31.2 Å². The largest absolute Gasteiger partial charge is 0.573 e. The van der Waals surface area contributed by atoms with E-state index in [9.17, 15) is 26.3 Å². The van der Waals surface area contributed by atoms with Gasteiger partial charge in [-0.05, 0) is 67.9 Å². The molecule has 0 radical (unpaired) electrons. The van der Waals surface area contributed by atoms with Crippen LogP contribution in [0.1, 0.15) is 66.1 Å². The van der Waals surface area contributed by atoms with Crippen LogP contribution in [0.15, 0.2) is 60.7 Å². The van der Waals surface area contributed by atoms with E-state index in [0.717, 1.165) is 17.2 Å². The maximum absolute atomic E-state index is 15.2. The van der Waals surface area contributed by atoms with Crippen LogP contribution in [0.25, 0.3) is 0 Å². The summed E-state index contributed by atoms with van der Waals surface area (Å²) in [4.78, 5) is 0. The van der Waals surface area contributed by atoms with Crippen LogP contribution >= 0.6 is 0 Å². The van der Waals surface area contributed by atoms with Crippen LogP contribution in [0.5, 0.6) is 11.5 Å². The highest BCUT2D eigenvalue weighted by Gasteiger charge is 2.44. The summed E-state index contributed by atoms with van der Waals surface area (Å²) in [5.41, 5.74) is 3.21. The lowest BCUT2D eigenvalue weighted by Gasteiger charge is -2.34. The number of aryl methyl sites for hydroxylation is 1. The number of hydrogen-bond acceptors (Lipinski definition) is 4. The fraction of sp³-hybridized carbons (Fsp3) is 0.419. The van der Waals surface area contributed by atoms with Gasteiger partial charge in [-0.25, -0.2) is 8.78 Å². The Bertz CT molecular complexity index is 1360. The van der Waals surface area contributed by atoms with Crippen molar-refractivity contribution in [2.45, 2.75) is 63.2 Å². The molecule has 42 heavy (non-hydrogen) atoms. The molecule has 5 rings (SSSR count). The Labute approximate surface area is 238 Å². The molecule has 3 aromatic rings. The summed E-state index contributed by atoms with van der Waals surface area (Å²) in [5, 5.41) is 0. The van der Waals surface area contributed by atoms with E-state index >= 15 is 4.39 Å². The SMILES string of the molecule is Cc1ccc(C2COC(c3ccc(C4CCC(C(F)(F)Oc5ccc(OC(F)(F)F)c(F)c5)CC4)c(F)c3)OC2)cc1. The molecule has 11 heteroatoms. The highest BCUT2D eigenvalue weighted by molar-refractivity contribution is 5.34. The molecule has 2 fully saturated rings. The molecule has 0 aromatic heterocycles. The van der Waals surface area contributed by atoms with Crippen LogP contribution in [0.4, 0.5) is 30.7 Å². The first-order valence-electron chi connectivity index (χ1n) is 13.6. The van der Waals surface area contributed by atoms with Crippen molar-refractivity contribution in [3.63, 3.8) is 0 Å². The van der Waals surface area contributed by atoms with E-state index < -0.39 is 47.8 Å². The van der Waals surface area contributed by atoms with E-state index in [2.05, 4.69) is 9.47 Å². The number of hydrogen-bond donors (Lipinski definition) is 0. The summed E-state index contributed by atoms with van der Waals surface area (Å²) in [6, 6.07) is 14.6. The Morgan fingerprint density at radius 1 is 0.690 bits per heavy atom. The van der Waals surface area contributed by atoms with Gasteiger partial charge >= 0.3 is 12.5 Å². The molecule has 226 valence electrons. The van der Waals surface area contributed by atoms with Crippen molar-refractivity contribution in [2.75, 3.05) is 13.2 Å². The highest BCUT2D eigenvalue weighted by atomic mass is 19.4. The number of halogens is 7. The molecule has 0 N–H and O–H groups in total. The minimum atomic E-state index is -5.13. The zero-order valence-corrected chi connectivity index (χ0v) is 22.6. The minimum absolute atomic E-state index is 0.00581. The Balaban J connectivity index is 1.15. The molecule has 1 saturated heterocycles. The van der Waals surface area contributed by atoms with Gasteiger partial charge in [0.2, 0.25) is 0 Å². The average Bonchev–Trinajstić information content (AvgIpc) is 2.94. The predicted octanol–water partition coefficient (Wildman–Crippen LogP) is 8.95. The monoisotopic (exact) mass is 598 g/mol. The van der Waals surface area contributed by atoms with Crippen LogP contribution in [-0.4, -0.2) is 25.7 Å². The van der Waals surface area contributed by atoms with Crippen molar-refractivity contribution in [2.24, 2.45) is 5.92 Å². The molecule has 0 amide bonds. The molecule has 1 saturated carbocycles. The second-order valence-electron chi connectivity index (χ2n) is 10.7. The number of ether oxygens (including phenoxy) is 4. The van der Waals surface area contributed by atoms with Crippen molar-refractivity contribution >= 4 is 0 Å². The zero-order chi connectivity index (χ0) is 30.1. The Hall–Kier alpha value is -3.31. The maximum Gasteiger partial charge on any atom is 0.573 e. The second kappa shape index (κ2) is 12.1. The first-order valence-corrected chi connectivity index (χ1v) is 13.6. The lowest BCUT2D eigenvalue weighted by Crippen LogP contribution is -2.37. The molecule has 2 aliphatic rings. The summed E-state index contributed by atoms with van der Waals surface area (Å²) in [6.45, 7) is 2.86. The first-order chi connectivity index (χ1) is 19.9. The van der Waals surface area contributed by atoms with Crippen molar-refractivity contribution in [3.05, 3.63) is 94.6 Å². The van der Waals surface area contributed by atoms with Gasteiger partial charge in [0.15, 0.2) is 17.9 Å². The lowest BCUT2D eigenvalue weighted by molar-refractivity contribution is -0.275. The van der Waals surface area contributed by atoms with E-state index in [1.54, 1.807) is 12.1 Å². The third kappa shape index (κ3) is 7.18. The quantitative estimate of drug-likeness (QED) is 0.255. The van der Waals surface area contributed by atoms with E-state index in [4.69, 9.17) is 9.47 Å². The first kappa shape index (κ1) is 30.2. The summed E-state index contributed by atoms with van der Waals surface area (Å²) >= 11 is 0. The zero-order valence-electron chi connectivity index (χ0n) is 22.6. The third-order valence-electron chi connectivity index (χ3n) is 7.77. The van der Waals surface area contributed by atoms with Crippen LogP contribution < -0.4 is 9.47 Å². The summed E-state index contributed by atoms with van der Waals surface area (Å²) in [5.74, 6) is -5.20. The highest BCUT2D eigenvalue weighted by Crippen LogP contribution is 2.44. The van der Waals surface area contributed by atoms with Gasteiger partial charge < -0.3 is 18.9 Å². The summed E-state index contributed by atoms with van der Waals surface area (Å²) < 4.78 is 116. The molecule has 1 aliphatic carbocycles. The van der Waals surface area contributed by atoms with Crippen LogP contribution in [0.3, 0.4) is 0 Å². The molecular formula is C31H29F7O4. The van der Waals surface area contributed by atoms with Gasteiger partial charge in [-0.1, -0.05) is 42.0 Å². The van der Waals surface area contributed by atoms with Gasteiger partial charge in [0.1, 0.15) is 11.6 Å². The van der Waals surface area contributed by atoms with Crippen LogP contribution in [0.2, 0.25) is 0 Å². The molecular weight excluding hydrogens is 569 g/mol. The third-order valence-corrected chi connectivity index (χ3v) is 7.77. The van der Waals surface area contributed by atoms with Gasteiger partial charge in [-0.2, -0.15) is 8.78 Å². The molecule has 0 bridgehead atoms. The van der Waals surface area contributed by atoms with Crippen molar-refractivity contribution in [1.29, 1.82) is 0 Å². The lowest BCUT2D eigenvalue weighted by atomic mass is 9.78. The average molecular weight is 599 g/mol. The van der Waals surface area contributed by atoms with Gasteiger partial charge in [0.25, 0.3) is 0 Å². The summed E-state index contributed by atoms with van der Waals surface area (Å²) in [6.07, 6.45) is -9.01. The summed E-state index contributed by atoms with van der Waals surface area (Å²) in [7, 11) is 0. The minimum Gasteiger partial charge on any atom is -0.432 e. The molecule has 3 aromatic carbocycles. The molecule has 0 spiro atoms. The maximum atomic E-state index is 15.2. The molecule has 1 heterocycles. The fourth-order valence-corrected chi connectivity index (χ4v) is 5.48. The Morgan fingerprint density at radius 2 is 1.33 bits per heavy atom. The van der Waals surface area contributed by atoms with Gasteiger partial charge in [0, 0.05) is 17.5 Å². The number of benzene rings is 3. The van der Waals surface area contributed by atoms with Crippen molar-refractivity contribution in [1.82, 2.24) is 0 Å². The second-order valence-corrected chi connectivity index (χ2v) is 10.7. The molecule has 0 unspecified atom stereocenters. The Kier molecular flexibility index (Phi) is 8.71. The molecule has 4 nitrogen and oxygen atoms in total. The molecule has 0 atom stereocenters. The topological polar surface area (TPSA) is 36.9 Å². The van der Waals surface area contributed by atoms with Crippen molar-refractivity contribution < 1.29 is 49.7 Å². The van der Waals surface area contributed by atoms with Gasteiger partial charge in [-0.15, -0.1) is 13.2 Å². The van der Waals surface area contributed by atoms with E-state index in [0.29, 0.717) is 36.5 Å². The van der Waals surface area contributed by atoms with Gasteiger partial charge in [0.05, 0.1) is 19.1 Å². The van der Waals surface area contributed by atoms with Crippen molar-refractivity contribution in [3.8, 4) is 11.5 Å². The normalized spacial score (nSPS) is 23.4. The van der Waals surface area contributed by atoms with Crippen LogP contribution in [0, 0.1) is 24.5 Å². The number of alkyl halides is 5. The molecule has 1 aliphatic heterocycles. The number of rotatable bonds is 7. The van der Waals surface area contributed by atoms with E-state index in [1.165, 1.54) is 6.07 Å². The standard InChI is InChI=1S/C31H29F7O4/c1-18-2-4-19(5-3-18)22-16-39-29(40-17-22)21-8-12-25(26(32)14-21)20-6-9-23(10-7-20)30(34,35)41-24-11-13-28(27(33)15-24)42-31(36,37)38/h2-5,8,11-15,20,22-23,29H,6-7,9-10,16-17H2,1H3. The predicted molar refractivity (Wildman–Crippen MR) is 138 cm³/mol. The van der Waals surface area contributed by atoms with Crippen LogP contribution in [-0.2, 0) is 9.47 Å². The van der Waals surface area contributed by atoms with Gasteiger partial charge in [-0.3, -0.25) is 0 Å². The Morgan fingerprint density at radius 3 is 1.93 bits per heavy atom.